The summed E-state index contributed by atoms with van der Waals surface area (Å²) in [7, 11) is -2.53. The maximum atomic E-state index is 12.6. The van der Waals surface area contributed by atoms with Crippen LogP contribution >= 0.6 is 27.3 Å². The Bertz CT molecular complexity index is 1170. The van der Waals surface area contributed by atoms with Gasteiger partial charge in [-0.25, -0.2) is 13.4 Å². The first-order chi connectivity index (χ1) is 13.8. The molecule has 0 unspecified atom stereocenters. The second-order valence-electron chi connectivity index (χ2n) is 5.99. The van der Waals surface area contributed by atoms with Crippen molar-refractivity contribution in [1.82, 2.24) is 9.29 Å². The molecule has 0 fully saturated rings. The van der Waals surface area contributed by atoms with E-state index in [2.05, 4.69) is 26.2 Å². The minimum atomic E-state index is -3.85. The molecule has 0 aliphatic carbocycles. The van der Waals surface area contributed by atoms with Crippen LogP contribution in [-0.4, -0.2) is 37.2 Å². The van der Waals surface area contributed by atoms with Gasteiger partial charge in [0.15, 0.2) is 5.13 Å². The van der Waals surface area contributed by atoms with Gasteiger partial charge in [-0.2, -0.15) is 9.57 Å². The number of carbonyl (C=O) groups is 1. The first kappa shape index (κ1) is 21.1. The van der Waals surface area contributed by atoms with Gasteiger partial charge in [0, 0.05) is 22.5 Å². The van der Waals surface area contributed by atoms with Crippen LogP contribution in [0, 0.1) is 11.3 Å². The molecule has 0 saturated heterocycles. The zero-order valence-corrected chi connectivity index (χ0v) is 18.4. The van der Waals surface area contributed by atoms with Crippen LogP contribution in [-0.2, 0) is 14.8 Å². The van der Waals surface area contributed by atoms with Crippen molar-refractivity contribution < 1.29 is 13.2 Å². The SMILES string of the molecule is CN(CC(=O)Nc1nc(-c2ccc(Br)cc2)cs1)S(=O)(=O)c1ccc(C#N)cc1. The summed E-state index contributed by atoms with van der Waals surface area (Å²) in [4.78, 5) is 16.7. The molecule has 0 atom stereocenters. The Morgan fingerprint density at radius 1 is 1.21 bits per heavy atom. The average molecular weight is 491 g/mol. The highest BCUT2D eigenvalue weighted by Gasteiger charge is 2.23. The normalized spacial score (nSPS) is 11.2. The number of nitrogens with one attached hydrogen (secondary N) is 1. The van der Waals surface area contributed by atoms with E-state index in [1.165, 1.54) is 42.6 Å². The molecule has 0 aliphatic heterocycles. The first-order valence-electron chi connectivity index (χ1n) is 8.27. The Hall–Kier alpha value is -2.58. The van der Waals surface area contributed by atoms with E-state index in [0.717, 1.165) is 20.0 Å². The Balaban J connectivity index is 1.65. The van der Waals surface area contributed by atoms with E-state index in [9.17, 15) is 13.2 Å². The van der Waals surface area contributed by atoms with Gasteiger partial charge in [-0.3, -0.25) is 4.79 Å². The van der Waals surface area contributed by atoms with Crippen LogP contribution in [0.5, 0.6) is 0 Å². The van der Waals surface area contributed by atoms with E-state index >= 15 is 0 Å². The number of sulfonamides is 1. The Kier molecular flexibility index (Phi) is 6.44. The largest absolute Gasteiger partial charge is 0.301 e. The van der Waals surface area contributed by atoms with Crippen LogP contribution in [0.4, 0.5) is 5.13 Å². The summed E-state index contributed by atoms with van der Waals surface area (Å²) in [6.45, 7) is -0.366. The molecule has 1 heterocycles. The van der Waals surface area contributed by atoms with Crippen molar-refractivity contribution in [2.45, 2.75) is 4.90 Å². The summed E-state index contributed by atoms with van der Waals surface area (Å²) in [5.74, 6) is -0.499. The number of likely N-dealkylation sites (N-methyl/N-ethyl adjacent to an activating group) is 1. The molecule has 1 aromatic heterocycles. The van der Waals surface area contributed by atoms with Gasteiger partial charge in [-0.15, -0.1) is 11.3 Å². The number of aromatic nitrogens is 1. The fourth-order valence-electron chi connectivity index (χ4n) is 2.41. The molecule has 1 N–H and O–H groups in total. The molecule has 29 heavy (non-hydrogen) atoms. The smallest absolute Gasteiger partial charge is 0.243 e. The third-order valence-corrected chi connectivity index (χ3v) is 7.05. The summed E-state index contributed by atoms with van der Waals surface area (Å²) < 4.78 is 27.1. The maximum absolute atomic E-state index is 12.6. The van der Waals surface area contributed by atoms with Gasteiger partial charge in [-0.1, -0.05) is 28.1 Å². The van der Waals surface area contributed by atoms with Crippen molar-refractivity contribution in [2.75, 3.05) is 18.9 Å². The molecule has 0 aliphatic rings. The highest BCUT2D eigenvalue weighted by molar-refractivity contribution is 9.10. The lowest BCUT2D eigenvalue weighted by Crippen LogP contribution is -2.34. The average Bonchev–Trinajstić information content (AvgIpc) is 3.16. The van der Waals surface area contributed by atoms with Gasteiger partial charge in [0.1, 0.15) is 0 Å². The van der Waals surface area contributed by atoms with Crippen LogP contribution in [0.2, 0.25) is 0 Å². The minimum Gasteiger partial charge on any atom is -0.301 e. The molecular formula is C19H15BrN4O3S2. The monoisotopic (exact) mass is 490 g/mol. The number of rotatable bonds is 6. The number of hydrogen-bond acceptors (Lipinski definition) is 6. The number of amides is 1. The number of anilines is 1. The third kappa shape index (κ3) is 5.07. The summed E-state index contributed by atoms with van der Waals surface area (Å²) >= 11 is 4.63. The van der Waals surface area contributed by atoms with Crippen LogP contribution in [0.3, 0.4) is 0 Å². The van der Waals surface area contributed by atoms with Crippen LogP contribution in [0.15, 0.2) is 63.3 Å². The van der Waals surface area contributed by atoms with Crippen LogP contribution in [0.1, 0.15) is 5.56 Å². The number of nitrogens with zero attached hydrogens (tertiary/aromatic N) is 3. The summed E-state index contributed by atoms with van der Waals surface area (Å²) in [5, 5.41) is 13.6. The molecule has 0 radical (unpaired) electrons. The number of halogens is 1. The quantitative estimate of drug-likeness (QED) is 0.567. The molecule has 7 nitrogen and oxygen atoms in total. The van der Waals surface area contributed by atoms with Crippen molar-refractivity contribution in [3.05, 3.63) is 63.9 Å². The zero-order valence-electron chi connectivity index (χ0n) is 15.2. The highest BCUT2D eigenvalue weighted by atomic mass is 79.9. The maximum Gasteiger partial charge on any atom is 0.243 e. The lowest BCUT2D eigenvalue weighted by atomic mass is 10.2. The van der Waals surface area contributed by atoms with E-state index in [1.807, 2.05) is 35.7 Å². The number of carbonyl (C=O) groups excluding carboxylic acids is 1. The molecule has 0 saturated carbocycles. The van der Waals surface area contributed by atoms with Gasteiger partial charge in [-0.05, 0) is 36.4 Å². The summed E-state index contributed by atoms with van der Waals surface area (Å²) in [6, 6.07) is 15.1. The number of benzene rings is 2. The minimum absolute atomic E-state index is 0.0126. The van der Waals surface area contributed by atoms with E-state index in [4.69, 9.17) is 5.26 Å². The van der Waals surface area contributed by atoms with Crippen molar-refractivity contribution >= 4 is 48.3 Å². The third-order valence-electron chi connectivity index (χ3n) is 3.95. The zero-order chi connectivity index (χ0) is 21.0. The predicted octanol–water partition coefficient (Wildman–Crippen LogP) is 3.70. The van der Waals surface area contributed by atoms with Crippen LogP contribution < -0.4 is 5.32 Å². The standard InChI is InChI=1S/C19H15BrN4O3S2/c1-24(29(26,27)16-8-2-13(10-21)3-9-16)11-18(25)23-19-22-17(12-28-19)14-4-6-15(20)7-5-14/h2-9,12H,11H2,1H3,(H,22,23,25). The summed E-state index contributed by atoms with van der Waals surface area (Å²) in [6.07, 6.45) is 0. The van der Waals surface area contributed by atoms with Gasteiger partial charge >= 0.3 is 0 Å². The van der Waals surface area contributed by atoms with E-state index in [1.54, 1.807) is 0 Å². The van der Waals surface area contributed by atoms with Crippen molar-refractivity contribution in [2.24, 2.45) is 0 Å². The van der Waals surface area contributed by atoms with E-state index in [-0.39, 0.29) is 11.4 Å². The first-order valence-corrected chi connectivity index (χ1v) is 11.4. The van der Waals surface area contributed by atoms with E-state index < -0.39 is 15.9 Å². The lowest BCUT2D eigenvalue weighted by Gasteiger charge is -2.16. The predicted molar refractivity (Wildman–Crippen MR) is 115 cm³/mol. The lowest BCUT2D eigenvalue weighted by molar-refractivity contribution is -0.116. The second-order valence-corrected chi connectivity index (χ2v) is 9.81. The Morgan fingerprint density at radius 3 is 2.48 bits per heavy atom. The second kappa shape index (κ2) is 8.84. The molecule has 2 aromatic carbocycles. The molecular weight excluding hydrogens is 476 g/mol. The van der Waals surface area contributed by atoms with Crippen molar-refractivity contribution in [3.63, 3.8) is 0 Å². The number of hydrogen-bond donors (Lipinski definition) is 1. The molecule has 3 aromatic rings. The number of nitriles is 1. The van der Waals surface area contributed by atoms with Gasteiger partial charge < -0.3 is 5.32 Å². The summed E-state index contributed by atoms with van der Waals surface area (Å²) in [5.41, 5.74) is 1.98. The highest BCUT2D eigenvalue weighted by Crippen LogP contribution is 2.26. The number of thiazole rings is 1. The molecule has 3 rings (SSSR count). The van der Waals surface area contributed by atoms with Crippen LogP contribution in [0.25, 0.3) is 11.3 Å². The van der Waals surface area contributed by atoms with Gasteiger partial charge in [0.2, 0.25) is 15.9 Å². The van der Waals surface area contributed by atoms with Gasteiger partial charge in [0.05, 0.1) is 28.8 Å². The van der Waals surface area contributed by atoms with Crippen molar-refractivity contribution in [1.29, 1.82) is 5.26 Å². The molecule has 10 heteroatoms. The fourth-order valence-corrected chi connectivity index (χ4v) is 4.54. The fraction of sp³-hybridized carbons (Fsp3) is 0.105. The molecule has 0 spiro atoms. The van der Waals surface area contributed by atoms with Gasteiger partial charge in [0.25, 0.3) is 0 Å². The Labute approximate surface area is 180 Å². The van der Waals surface area contributed by atoms with E-state index in [0.29, 0.717) is 10.7 Å². The molecule has 148 valence electrons. The molecule has 1 amide bonds. The van der Waals surface area contributed by atoms with Crippen molar-refractivity contribution in [3.8, 4) is 17.3 Å². The molecule has 0 bridgehead atoms. The Morgan fingerprint density at radius 2 is 1.86 bits per heavy atom. The topological polar surface area (TPSA) is 103 Å².